The number of hydrogen-bond donors (Lipinski definition) is 2. The lowest BCUT2D eigenvalue weighted by molar-refractivity contribution is 0.0513. The van der Waals surface area contributed by atoms with Crippen LogP contribution in [0, 0.1) is 5.82 Å². The first-order chi connectivity index (χ1) is 14.7. The summed E-state index contributed by atoms with van der Waals surface area (Å²) in [6, 6.07) is 13.0. The molecule has 0 radical (unpaired) electrons. The molecule has 0 unspecified atom stereocenters. The number of fused-ring (bicyclic) bond motifs is 1. The van der Waals surface area contributed by atoms with Crippen LogP contribution >= 0.6 is 0 Å². The smallest absolute Gasteiger partial charge is 0.231 e. The molecule has 0 amide bonds. The van der Waals surface area contributed by atoms with Crippen molar-refractivity contribution >= 4 is 5.96 Å². The molecule has 4 rings (SSSR count). The number of guanidine groups is 1. The number of halogens is 1. The molecule has 0 spiro atoms. The van der Waals surface area contributed by atoms with Crippen LogP contribution in [-0.4, -0.2) is 46.1 Å². The predicted octanol–water partition coefficient (Wildman–Crippen LogP) is 3.01. The predicted molar refractivity (Wildman–Crippen MR) is 114 cm³/mol. The van der Waals surface area contributed by atoms with E-state index in [1.54, 1.807) is 13.1 Å². The molecule has 0 aliphatic carbocycles. The molecule has 160 valence electrons. The van der Waals surface area contributed by atoms with Crippen molar-refractivity contribution in [2.24, 2.45) is 4.99 Å². The fraction of sp³-hybridized carbons (Fsp3) is 0.435. The van der Waals surface area contributed by atoms with Gasteiger partial charge in [0.15, 0.2) is 17.5 Å². The second-order valence-electron chi connectivity index (χ2n) is 7.65. The summed E-state index contributed by atoms with van der Waals surface area (Å²) in [7, 11) is 1.75. The highest BCUT2D eigenvalue weighted by Gasteiger charge is 2.35. The molecule has 0 atom stereocenters. The summed E-state index contributed by atoms with van der Waals surface area (Å²) in [6.45, 7) is 3.02. The lowest BCUT2D eigenvalue weighted by Gasteiger charge is -2.38. The zero-order chi connectivity index (χ0) is 20.8. The topological polar surface area (TPSA) is 64.1 Å². The first-order valence-corrected chi connectivity index (χ1v) is 10.4. The van der Waals surface area contributed by atoms with Gasteiger partial charge in [0.1, 0.15) is 5.82 Å². The minimum atomic E-state index is -0.175. The summed E-state index contributed by atoms with van der Waals surface area (Å²) in [5, 5.41) is 6.76. The molecule has 30 heavy (non-hydrogen) atoms. The number of nitrogens with one attached hydrogen (secondary N) is 2. The molecule has 6 nitrogen and oxygen atoms in total. The van der Waals surface area contributed by atoms with E-state index in [9.17, 15) is 4.39 Å². The normalized spacial score (nSPS) is 17.6. The molecule has 2 aromatic rings. The first kappa shape index (κ1) is 20.5. The minimum Gasteiger partial charge on any atom is -0.454 e. The van der Waals surface area contributed by atoms with Crippen molar-refractivity contribution in [1.82, 2.24) is 10.6 Å². The van der Waals surface area contributed by atoms with Crippen LogP contribution in [0.3, 0.4) is 0 Å². The highest BCUT2D eigenvalue weighted by Crippen LogP contribution is 2.40. The summed E-state index contributed by atoms with van der Waals surface area (Å²) < 4.78 is 30.5. The Morgan fingerprint density at radius 2 is 1.87 bits per heavy atom. The van der Waals surface area contributed by atoms with Crippen molar-refractivity contribution in [2.45, 2.75) is 24.7 Å². The molecule has 0 saturated carbocycles. The molecule has 2 aliphatic heterocycles. The molecule has 2 aliphatic rings. The quantitative estimate of drug-likeness (QED) is 0.563. The Kier molecular flexibility index (Phi) is 6.38. The SMILES string of the molecule is CN=C(NCCc1ccccc1F)NCC1(c2ccc3c(c2)OCO3)CCOCC1. The molecule has 2 aromatic carbocycles. The number of rotatable bonds is 6. The van der Waals surface area contributed by atoms with E-state index in [0.29, 0.717) is 24.5 Å². The van der Waals surface area contributed by atoms with Gasteiger partial charge in [0.2, 0.25) is 6.79 Å². The van der Waals surface area contributed by atoms with E-state index in [1.165, 1.54) is 11.6 Å². The monoisotopic (exact) mass is 413 g/mol. The van der Waals surface area contributed by atoms with Crippen molar-refractivity contribution in [3.8, 4) is 11.5 Å². The second-order valence-corrected chi connectivity index (χ2v) is 7.65. The van der Waals surface area contributed by atoms with E-state index in [4.69, 9.17) is 14.2 Å². The molecule has 7 heteroatoms. The van der Waals surface area contributed by atoms with Crippen molar-refractivity contribution in [3.05, 3.63) is 59.4 Å². The Bertz CT molecular complexity index is 897. The minimum absolute atomic E-state index is 0.0810. The molecular formula is C23H28FN3O3. The van der Waals surface area contributed by atoms with E-state index in [2.05, 4.69) is 27.8 Å². The van der Waals surface area contributed by atoms with Gasteiger partial charge < -0.3 is 24.8 Å². The zero-order valence-electron chi connectivity index (χ0n) is 17.2. The average Bonchev–Trinajstić information content (AvgIpc) is 3.26. The van der Waals surface area contributed by atoms with Crippen molar-refractivity contribution in [1.29, 1.82) is 0 Å². The van der Waals surface area contributed by atoms with Gasteiger partial charge in [0.05, 0.1) is 0 Å². The number of benzene rings is 2. The fourth-order valence-electron chi connectivity index (χ4n) is 4.05. The van der Waals surface area contributed by atoms with Crippen LogP contribution in [0.2, 0.25) is 0 Å². The summed E-state index contributed by atoms with van der Waals surface area (Å²) in [5.41, 5.74) is 1.83. The van der Waals surface area contributed by atoms with Gasteiger partial charge in [-0.15, -0.1) is 0 Å². The van der Waals surface area contributed by atoms with Gasteiger partial charge in [0, 0.05) is 38.8 Å². The maximum absolute atomic E-state index is 13.8. The number of hydrogen-bond acceptors (Lipinski definition) is 4. The molecule has 0 aromatic heterocycles. The van der Waals surface area contributed by atoms with E-state index < -0.39 is 0 Å². The first-order valence-electron chi connectivity index (χ1n) is 10.4. The van der Waals surface area contributed by atoms with Crippen LogP contribution in [0.1, 0.15) is 24.0 Å². The Morgan fingerprint density at radius 3 is 2.67 bits per heavy atom. The molecule has 2 N–H and O–H groups in total. The van der Waals surface area contributed by atoms with Gasteiger partial charge in [-0.3, -0.25) is 4.99 Å². The number of nitrogens with zero attached hydrogens (tertiary/aromatic N) is 1. The van der Waals surface area contributed by atoms with Crippen LogP contribution in [0.5, 0.6) is 11.5 Å². The number of ether oxygens (including phenoxy) is 3. The maximum Gasteiger partial charge on any atom is 0.231 e. The largest absolute Gasteiger partial charge is 0.454 e. The van der Waals surface area contributed by atoms with Crippen molar-refractivity contribution in [3.63, 3.8) is 0 Å². The van der Waals surface area contributed by atoms with Gasteiger partial charge >= 0.3 is 0 Å². The van der Waals surface area contributed by atoms with Crippen LogP contribution in [-0.2, 0) is 16.6 Å². The molecular weight excluding hydrogens is 385 g/mol. The molecule has 1 fully saturated rings. The van der Waals surface area contributed by atoms with E-state index in [0.717, 1.165) is 44.1 Å². The van der Waals surface area contributed by atoms with Crippen LogP contribution in [0.4, 0.5) is 4.39 Å². The van der Waals surface area contributed by atoms with Gasteiger partial charge in [-0.1, -0.05) is 24.3 Å². The standard InChI is InChI=1S/C23H28FN3O3/c1-25-22(26-11-8-17-4-2-3-5-19(17)24)27-15-23(9-12-28-13-10-23)18-6-7-20-21(14-18)30-16-29-20/h2-7,14H,8-13,15-16H2,1H3,(H2,25,26,27). The third-order valence-electron chi connectivity index (χ3n) is 5.90. The molecule has 0 bridgehead atoms. The van der Waals surface area contributed by atoms with Crippen LogP contribution < -0.4 is 20.1 Å². The lowest BCUT2D eigenvalue weighted by atomic mass is 9.74. The Labute approximate surface area is 176 Å². The summed E-state index contributed by atoms with van der Waals surface area (Å²) in [5.74, 6) is 2.12. The molecule has 2 heterocycles. The van der Waals surface area contributed by atoms with Crippen molar-refractivity contribution < 1.29 is 18.6 Å². The third-order valence-corrected chi connectivity index (χ3v) is 5.90. The number of aliphatic imine (C=N–C) groups is 1. The van der Waals surface area contributed by atoms with Crippen LogP contribution in [0.25, 0.3) is 0 Å². The summed E-state index contributed by atoms with van der Waals surface area (Å²) in [6.07, 6.45) is 2.41. The summed E-state index contributed by atoms with van der Waals surface area (Å²) >= 11 is 0. The van der Waals surface area contributed by atoms with Gasteiger partial charge in [-0.25, -0.2) is 4.39 Å². The fourth-order valence-corrected chi connectivity index (χ4v) is 4.05. The highest BCUT2D eigenvalue weighted by molar-refractivity contribution is 5.79. The van der Waals surface area contributed by atoms with Crippen molar-refractivity contribution in [2.75, 3.05) is 40.1 Å². The Hall–Kier alpha value is -2.80. The highest BCUT2D eigenvalue weighted by atomic mass is 19.1. The second kappa shape index (κ2) is 9.34. The van der Waals surface area contributed by atoms with Gasteiger partial charge in [-0.2, -0.15) is 0 Å². The van der Waals surface area contributed by atoms with Gasteiger partial charge in [-0.05, 0) is 48.6 Å². The summed E-state index contributed by atoms with van der Waals surface area (Å²) in [4.78, 5) is 4.33. The van der Waals surface area contributed by atoms with E-state index >= 15 is 0 Å². The Morgan fingerprint density at radius 1 is 1.07 bits per heavy atom. The zero-order valence-corrected chi connectivity index (χ0v) is 17.2. The van der Waals surface area contributed by atoms with E-state index in [-0.39, 0.29) is 18.0 Å². The van der Waals surface area contributed by atoms with Gasteiger partial charge in [0.25, 0.3) is 0 Å². The third kappa shape index (κ3) is 4.51. The molecule has 1 saturated heterocycles. The van der Waals surface area contributed by atoms with E-state index in [1.807, 2.05) is 18.2 Å². The Balaban J connectivity index is 1.40. The van der Waals surface area contributed by atoms with Crippen LogP contribution in [0.15, 0.2) is 47.5 Å². The lowest BCUT2D eigenvalue weighted by Crippen LogP contribution is -2.48. The maximum atomic E-state index is 13.8. The average molecular weight is 413 g/mol.